The summed E-state index contributed by atoms with van der Waals surface area (Å²) in [6, 6.07) is 7.99. The Morgan fingerprint density at radius 1 is 1.36 bits per heavy atom. The summed E-state index contributed by atoms with van der Waals surface area (Å²) in [7, 11) is 1.76. The fourth-order valence-electron chi connectivity index (χ4n) is 3.50. The maximum atomic E-state index is 10.0. The molecular weight excluding hydrogens is 420 g/mol. The Bertz CT molecular complexity index is 986. The molecule has 2 atom stereocenters. The molecule has 2 aliphatic carbocycles. The van der Waals surface area contributed by atoms with E-state index in [1.807, 2.05) is 49.4 Å². The number of hydrogen-bond donors (Lipinski definition) is 1. The fourth-order valence-corrected chi connectivity index (χ4v) is 3.86. The summed E-state index contributed by atoms with van der Waals surface area (Å²) in [5.74, 6) is 0. The Morgan fingerprint density at radius 2 is 2.11 bits per heavy atom. The summed E-state index contributed by atoms with van der Waals surface area (Å²) in [5, 5.41) is 13.4. The molecule has 0 amide bonds. The van der Waals surface area contributed by atoms with E-state index in [0.29, 0.717) is 0 Å². The summed E-state index contributed by atoms with van der Waals surface area (Å²) < 4.78 is 7.10. The van der Waals surface area contributed by atoms with Crippen molar-refractivity contribution in [3.8, 4) is 0 Å². The lowest BCUT2D eigenvalue weighted by molar-refractivity contribution is -0.0449. The first-order valence-electron chi connectivity index (χ1n) is 8.81. The normalized spacial score (nSPS) is 26.1. The van der Waals surface area contributed by atoms with E-state index in [4.69, 9.17) is 10.3 Å². The molecule has 2 aliphatic rings. The van der Waals surface area contributed by atoms with Gasteiger partial charge in [-0.1, -0.05) is 51.9 Å². The van der Waals surface area contributed by atoms with Crippen LogP contribution in [0.25, 0.3) is 16.0 Å². The molecule has 0 saturated heterocycles. The van der Waals surface area contributed by atoms with Gasteiger partial charge < -0.3 is 9.84 Å². The van der Waals surface area contributed by atoms with Crippen LogP contribution in [0.4, 0.5) is 0 Å². The fraction of sp³-hybridized carbons (Fsp3) is 0.286. The molecule has 1 aromatic carbocycles. The van der Waals surface area contributed by atoms with E-state index in [1.54, 1.807) is 7.05 Å². The number of allylic oxidation sites excluding steroid dienone is 5. The molecule has 7 heteroatoms. The van der Waals surface area contributed by atoms with Crippen LogP contribution in [-0.2, 0) is 10.3 Å². The predicted molar refractivity (Wildman–Crippen MR) is 115 cm³/mol. The average Bonchev–Trinajstić information content (AvgIpc) is 2.92. The van der Waals surface area contributed by atoms with E-state index in [9.17, 15) is 5.11 Å². The molecule has 0 spiro atoms. The van der Waals surface area contributed by atoms with Crippen LogP contribution >= 0.6 is 15.9 Å². The number of azide groups is 1. The van der Waals surface area contributed by atoms with Crippen LogP contribution in [-0.4, -0.2) is 37.1 Å². The van der Waals surface area contributed by atoms with E-state index in [1.165, 1.54) is 0 Å². The number of rotatable bonds is 5. The van der Waals surface area contributed by atoms with E-state index < -0.39 is 11.7 Å². The summed E-state index contributed by atoms with van der Waals surface area (Å²) in [6.45, 7) is 6.28. The summed E-state index contributed by atoms with van der Waals surface area (Å²) in [4.78, 5) is 7.08. The molecule has 28 heavy (non-hydrogen) atoms. The second-order valence-corrected chi connectivity index (χ2v) is 7.61. The number of halogens is 1. The van der Waals surface area contributed by atoms with Crippen molar-refractivity contribution in [3.05, 3.63) is 86.3 Å². The largest absolute Gasteiger partial charge is 0.391 e. The summed E-state index contributed by atoms with van der Waals surface area (Å²) in [6.07, 6.45) is 5.06. The third-order valence-electron chi connectivity index (χ3n) is 4.98. The van der Waals surface area contributed by atoms with Crippen molar-refractivity contribution in [2.24, 2.45) is 10.1 Å². The first-order valence-corrected chi connectivity index (χ1v) is 9.61. The number of hydrogen-bond acceptors (Lipinski definition) is 4. The Morgan fingerprint density at radius 3 is 2.82 bits per heavy atom. The van der Waals surface area contributed by atoms with E-state index in [2.05, 4.69) is 37.5 Å². The van der Waals surface area contributed by atoms with Gasteiger partial charge in [0.1, 0.15) is 5.60 Å². The van der Waals surface area contributed by atoms with Gasteiger partial charge >= 0.3 is 0 Å². The van der Waals surface area contributed by atoms with Gasteiger partial charge in [0, 0.05) is 22.0 Å². The molecule has 144 valence electrons. The standard InChI is InChI=1S/C21H21BrN4O2/c1-13-20(17-10-14(22)8-9-19(17)24-3)16-6-4-5-7-18(16)21(13,2)28-12-15(27)11-25-26-23/h4-10,15,27H,1,11-12H2,2-3H3/b20-17+,24-19?. The lowest BCUT2D eigenvalue weighted by atomic mass is 9.90. The zero-order valence-electron chi connectivity index (χ0n) is 15.8. The highest BCUT2D eigenvalue weighted by Gasteiger charge is 2.43. The van der Waals surface area contributed by atoms with Crippen molar-refractivity contribution < 1.29 is 9.84 Å². The quantitative estimate of drug-likeness (QED) is 0.403. The first-order chi connectivity index (χ1) is 13.4. The Labute approximate surface area is 172 Å². The zero-order valence-corrected chi connectivity index (χ0v) is 17.3. The second-order valence-electron chi connectivity index (χ2n) is 6.70. The number of fused-ring (bicyclic) bond motifs is 1. The lowest BCUT2D eigenvalue weighted by Crippen LogP contribution is -2.30. The third-order valence-corrected chi connectivity index (χ3v) is 5.47. The number of aliphatic hydroxyl groups excluding tert-OH is 1. The van der Waals surface area contributed by atoms with Crippen molar-refractivity contribution >= 4 is 27.2 Å². The molecule has 0 aromatic heterocycles. The molecule has 0 fully saturated rings. The topological polar surface area (TPSA) is 90.6 Å². The van der Waals surface area contributed by atoms with Crippen molar-refractivity contribution in [1.29, 1.82) is 0 Å². The van der Waals surface area contributed by atoms with Crippen LogP contribution in [0.5, 0.6) is 0 Å². The summed E-state index contributed by atoms with van der Waals surface area (Å²) in [5.41, 5.74) is 13.2. The van der Waals surface area contributed by atoms with E-state index in [0.717, 1.165) is 38.0 Å². The van der Waals surface area contributed by atoms with Gasteiger partial charge in [0.15, 0.2) is 0 Å². The number of nitrogens with zero attached hydrogens (tertiary/aromatic N) is 4. The number of aliphatic imine (C=N–C) groups is 1. The number of benzene rings is 1. The highest BCUT2D eigenvalue weighted by molar-refractivity contribution is 9.11. The Hall–Kier alpha value is -2.44. The van der Waals surface area contributed by atoms with Gasteiger partial charge in [-0.15, -0.1) is 0 Å². The number of aliphatic hydroxyl groups is 1. The van der Waals surface area contributed by atoms with Crippen molar-refractivity contribution in [1.82, 2.24) is 0 Å². The summed E-state index contributed by atoms with van der Waals surface area (Å²) >= 11 is 3.55. The second kappa shape index (κ2) is 8.29. The van der Waals surface area contributed by atoms with Crippen LogP contribution in [0.2, 0.25) is 0 Å². The molecule has 1 N–H and O–H groups in total. The third kappa shape index (κ3) is 3.62. The van der Waals surface area contributed by atoms with Crippen LogP contribution in [0.1, 0.15) is 18.1 Å². The predicted octanol–water partition coefficient (Wildman–Crippen LogP) is 4.83. The monoisotopic (exact) mass is 440 g/mol. The van der Waals surface area contributed by atoms with Crippen molar-refractivity contribution in [3.63, 3.8) is 0 Å². The van der Waals surface area contributed by atoms with Crippen LogP contribution in [0.15, 0.2) is 74.8 Å². The maximum Gasteiger partial charge on any atom is 0.116 e. The molecule has 2 unspecified atom stereocenters. The molecule has 6 nitrogen and oxygen atoms in total. The van der Waals surface area contributed by atoms with Gasteiger partial charge in [-0.25, -0.2) is 0 Å². The van der Waals surface area contributed by atoms with Gasteiger partial charge in [-0.05, 0) is 53.0 Å². The molecular formula is C21H21BrN4O2. The van der Waals surface area contributed by atoms with Gasteiger partial charge in [-0.2, -0.15) is 0 Å². The SMILES string of the molecule is C=C1/C(=C2/C=C(Br)C=CC2=NC)c2ccccc2C1(C)OCC(O)CN=[N+]=[N-]. The molecule has 1 aromatic rings. The van der Waals surface area contributed by atoms with Gasteiger partial charge in [0.05, 0.1) is 25.0 Å². The van der Waals surface area contributed by atoms with Crippen LogP contribution in [0, 0.1) is 0 Å². The van der Waals surface area contributed by atoms with Crippen LogP contribution in [0.3, 0.4) is 0 Å². The molecule has 0 heterocycles. The van der Waals surface area contributed by atoms with Crippen molar-refractivity contribution in [2.45, 2.75) is 18.6 Å². The Balaban J connectivity index is 2.07. The maximum absolute atomic E-state index is 10.0. The molecule has 0 aliphatic heterocycles. The van der Waals surface area contributed by atoms with Gasteiger partial charge in [-0.3, -0.25) is 4.99 Å². The first kappa shape index (κ1) is 20.3. The van der Waals surface area contributed by atoms with E-state index >= 15 is 0 Å². The minimum atomic E-state index is -0.885. The molecule has 0 saturated carbocycles. The highest BCUT2D eigenvalue weighted by Crippen LogP contribution is 2.51. The smallest absolute Gasteiger partial charge is 0.116 e. The molecule has 0 bridgehead atoms. The van der Waals surface area contributed by atoms with Gasteiger partial charge in [0.25, 0.3) is 0 Å². The van der Waals surface area contributed by atoms with Crippen LogP contribution < -0.4 is 0 Å². The lowest BCUT2D eigenvalue weighted by Gasteiger charge is -2.29. The average molecular weight is 441 g/mol. The minimum Gasteiger partial charge on any atom is -0.391 e. The Kier molecular flexibility index (Phi) is 6.01. The highest BCUT2D eigenvalue weighted by atomic mass is 79.9. The molecule has 3 rings (SSSR count). The minimum absolute atomic E-state index is 0.0274. The number of ether oxygens (including phenoxy) is 1. The molecule has 0 radical (unpaired) electrons. The van der Waals surface area contributed by atoms with Gasteiger partial charge in [0.2, 0.25) is 0 Å². The zero-order chi connectivity index (χ0) is 20.3. The van der Waals surface area contributed by atoms with E-state index in [-0.39, 0.29) is 13.2 Å². The van der Waals surface area contributed by atoms with Crippen molar-refractivity contribution in [2.75, 3.05) is 20.2 Å².